The Hall–Kier alpha value is -2.96. The maximum absolute atomic E-state index is 5.35. The molecule has 3 rings (SSSR count). The molecule has 0 aliphatic carbocycles. The lowest BCUT2D eigenvalue weighted by molar-refractivity contribution is 0.372. The quantitative estimate of drug-likeness (QED) is 0.631. The van der Waals surface area contributed by atoms with Crippen LogP contribution in [0.5, 0.6) is 5.75 Å². The molecule has 7 heteroatoms. The number of hydrogen-bond acceptors (Lipinski definition) is 5. The van der Waals surface area contributed by atoms with E-state index in [4.69, 9.17) is 4.74 Å². The molecule has 1 aromatic heterocycles. The molecule has 7 nitrogen and oxygen atoms in total. The first-order valence-corrected chi connectivity index (χ1v) is 9.57. The van der Waals surface area contributed by atoms with Gasteiger partial charge in [0, 0.05) is 71.8 Å². The maximum Gasteiger partial charge on any atom is 0.194 e. The highest BCUT2D eigenvalue weighted by Gasteiger charge is 2.20. The summed E-state index contributed by atoms with van der Waals surface area (Å²) in [4.78, 5) is 15.6. The average molecular weight is 383 g/mol. The minimum atomic E-state index is 0.728. The zero-order valence-corrected chi connectivity index (χ0v) is 17.2. The van der Waals surface area contributed by atoms with Gasteiger partial charge in [0.2, 0.25) is 0 Å². The molecule has 1 N–H and O–H groups in total. The minimum absolute atomic E-state index is 0.728. The maximum atomic E-state index is 5.35. The first-order chi connectivity index (χ1) is 13.6. The second-order valence-corrected chi connectivity index (χ2v) is 6.99. The van der Waals surface area contributed by atoms with Gasteiger partial charge in [-0.25, -0.2) is 4.98 Å². The standard InChI is InChI=1S/C21H30N6O/c1-22-21(24-16-17-8-9-23-20(14-17)25(2)3)27-12-10-26(11-13-27)18-6-5-7-19(15-18)28-4/h5-9,14-15H,10-13,16H2,1-4H3,(H,22,24). The van der Waals surface area contributed by atoms with Gasteiger partial charge in [-0.05, 0) is 29.8 Å². The van der Waals surface area contributed by atoms with Crippen molar-refractivity contribution in [3.8, 4) is 5.75 Å². The lowest BCUT2D eigenvalue weighted by atomic mass is 10.2. The molecule has 0 amide bonds. The first-order valence-electron chi connectivity index (χ1n) is 9.57. The second kappa shape index (κ2) is 9.30. The van der Waals surface area contributed by atoms with Crippen LogP contribution in [0.2, 0.25) is 0 Å². The Kier molecular flexibility index (Phi) is 6.57. The molecule has 1 fully saturated rings. The van der Waals surface area contributed by atoms with Crippen molar-refractivity contribution in [3.05, 3.63) is 48.2 Å². The van der Waals surface area contributed by atoms with E-state index in [1.807, 2.05) is 50.4 Å². The van der Waals surface area contributed by atoms with Gasteiger partial charge in [-0.3, -0.25) is 4.99 Å². The van der Waals surface area contributed by atoms with Gasteiger partial charge in [-0.1, -0.05) is 6.07 Å². The van der Waals surface area contributed by atoms with Crippen molar-refractivity contribution in [3.63, 3.8) is 0 Å². The van der Waals surface area contributed by atoms with Crippen LogP contribution in [0.15, 0.2) is 47.6 Å². The van der Waals surface area contributed by atoms with Crippen LogP contribution in [0.4, 0.5) is 11.5 Å². The van der Waals surface area contributed by atoms with Crippen LogP contribution >= 0.6 is 0 Å². The molecule has 0 atom stereocenters. The number of pyridine rings is 1. The van der Waals surface area contributed by atoms with Gasteiger partial charge in [0.15, 0.2) is 5.96 Å². The highest BCUT2D eigenvalue weighted by Crippen LogP contribution is 2.22. The molecule has 150 valence electrons. The van der Waals surface area contributed by atoms with Gasteiger partial charge in [0.25, 0.3) is 0 Å². The summed E-state index contributed by atoms with van der Waals surface area (Å²) in [5.41, 5.74) is 2.39. The van der Waals surface area contributed by atoms with Crippen molar-refractivity contribution >= 4 is 17.5 Å². The Morgan fingerprint density at radius 2 is 1.96 bits per heavy atom. The van der Waals surface area contributed by atoms with Crippen LogP contribution in [-0.4, -0.2) is 70.3 Å². The van der Waals surface area contributed by atoms with Crippen molar-refractivity contribution in [2.75, 3.05) is 64.2 Å². The van der Waals surface area contributed by atoms with Gasteiger partial charge in [-0.2, -0.15) is 0 Å². The van der Waals surface area contributed by atoms with E-state index in [1.54, 1.807) is 7.11 Å². The van der Waals surface area contributed by atoms with E-state index in [9.17, 15) is 0 Å². The second-order valence-electron chi connectivity index (χ2n) is 6.99. The van der Waals surface area contributed by atoms with Gasteiger partial charge in [0.05, 0.1) is 7.11 Å². The number of anilines is 2. The number of nitrogens with zero attached hydrogens (tertiary/aromatic N) is 5. The summed E-state index contributed by atoms with van der Waals surface area (Å²) in [5, 5.41) is 3.49. The molecular formula is C21H30N6O. The summed E-state index contributed by atoms with van der Waals surface area (Å²) in [6, 6.07) is 12.4. The third kappa shape index (κ3) is 4.85. The molecule has 0 radical (unpaired) electrons. The van der Waals surface area contributed by atoms with Crippen molar-refractivity contribution < 1.29 is 4.74 Å². The normalized spacial score (nSPS) is 14.8. The van der Waals surface area contributed by atoms with Crippen LogP contribution in [-0.2, 0) is 6.54 Å². The Morgan fingerprint density at radius 3 is 2.64 bits per heavy atom. The smallest absolute Gasteiger partial charge is 0.194 e. The van der Waals surface area contributed by atoms with Crippen LogP contribution in [0.25, 0.3) is 0 Å². The Bertz CT molecular complexity index is 799. The molecule has 0 bridgehead atoms. The predicted molar refractivity (Wildman–Crippen MR) is 116 cm³/mol. The lowest BCUT2D eigenvalue weighted by Crippen LogP contribution is -2.52. The lowest BCUT2D eigenvalue weighted by Gasteiger charge is -2.37. The fourth-order valence-electron chi connectivity index (χ4n) is 3.31. The number of aromatic nitrogens is 1. The number of nitrogens with one attached hydrogen (secondary N) is 1. The Balaban J connectivity index is 1.55. The van der Waals surface area contributed by atoms with E-state index < -0.39 is 0 Å². The number of piperazine rings is 1. The molecule has 1 aromatic carbocycles. The highest BCUT2D eigenvalue weighted by molar-refractivity contribution is 5.80. The number of guanidine groups is 1. The molecule has 0 saturated carbocycles. The first kappa shape index (κ1) is 19.8. The van der Waals surface area contributed by atoms with Gasteiger partial charge in [0.1, 0.15) is 11.6 Å². The molecule has 28 heavy (non-hydrogen) atoms. The monoisotopic (exact) mass is 382 g/mol. The van der Waals surface area contributed by atoms with Crippen LogP contribution < -0.4 is 19.9 Å². The zero-order valence-electron chi connectivity index (χ0n) is 17.2. The number of rotatable bonds is 5. The van der Waals surface area contributed by atoms with Crippen molar-refractivity contribution in [2.45, 2.75) is 6.54 Å². The van der Waals surface area contributed by atoms with Crippen LogP contribution in [0.1, 0.15) is 5.56 Å². The number of ether oxygens (including phenoxy) is 1. The Morgan fingerprint density at radius 1 is 1.18 bits per heavy atom. The summed E-state index contributed by atoms with van der Waals surface area (Å²) in [6.07, 6.45) is 1.85. The number of aliphatic imine (C=N–C) groups is 1. The zero-order chi connectivity index (χ0) is 19.9. The fourth-order valence-corrected chi connectivity index (χ4v) is 3.31. The summed E-state index contributed by atoms with van der Waals surface area (Å²) in [5.74, 6) is 2.79. The molecule has 0 unspecified atom stereocenters. The van der Waals surface area contributed by atoms with Crippen molar-refractivity contribution in [1.29, 1.82) is 0 Å². The van der Waals surface area contributed by atoms with E-state index in [2.05, 4.69) is 43.3 Å². The highest BCUT2D eigenvalue weighted by atomic mass is 16.5. The number of hydrogen-bond donors (Lipinski definition) is 1. The van der Waals surface area contributed by atoms with E-state index in [-0.39, 0.29) is 0 Å². The summed E-state index contributed by atoms with van der Waals surface area (Å²) >= 11 is 0. The molecule has 1 aliphatic rings. The van der Waals surface area contributed by atoms with E-state index in [1.165, 1.54) is 11.3 Å². The van der Waals surface area contributed by atoms with Crippen molar-refractivity contribution in [1.82, 2.24) is 15.2 Å². The molecule has 2 heterocycles. The van der Waals surface area contributed by atoms with Crippen LogP contribution in [0.3, 0.4) is 0 Å². The molecular weight excluding hydrogens is 352 g/mol. The molecule has 1 saturated heterocycles. The van der Waals surface area contributed by atoms with Crippen molar-refractivity contribution in [2.24, 2.45) is 4.99 Å². The van der Waals surface area contributed by atoms with E-state index in [0.717, 1.165) is 50.3 Å². The average Bonchev–Trinajstić information content (AvgIpc) is 2.75. The molecule has 0 spiro atoms. The van der Waals surface area contributed by atoms with Gasteiger partial charge in [-0.15, -0.1) is 0 Å². The number of methoxy groups -OCH3 is 1. The minimum Gasteiger partial charge on any atom is -0.497 e. The van der Waals surface area contributed by atoms with Crippen LogP contribution in [0, 0.1) is 0 Å². The predicted octanol–water partition coefficient (Wildman–Crippen LogP) is 2.05. The largest absolute Gasteiger partial charge is 0.497 e. The van der Waals surface area contributed by atoms with E-state index in [0.29, 0.717) is 0 Å². The Labute approximate surface area is 167 Å². The summed E-state index contributed by atoms with van der Waals surface area (Å²) < 4.78 is 5.35. The molecule has 2 aromatic rings. The topological polar surface area (TPSA) is 56.2 Å². The SMILES string of the molecule is CN=C(NCc1ccnc(N(C)C)c1)N1CCN(c2cccc(OC)c2)CC1. The van der Waals surface area contributed by atoms with Gasteiger partial charge >= 0.3 is 0 Å². The third-order valence-electron chi connectivity index (χ3n) is 4.93. The molecule has 1 aliphatic heterocycles. The van der Waals surface area contributed by atoms with Gasteiger partial charge < -0.3 is 24.8 Å². The van der Waals surface area contributed by atoms with E-state index >= 15 is 0 Å². The summed E-state index contributed by atoms with van der Waals surface area (Å²) in [7, 11) is 7.55. The summed E-state index contributed by atoms with van der Waals surface area (Å²) in [6.45, 7) is 4.49. The number of benzene rings is 1. The third-order valence-corrected chi connectivity index (χ3v) is 4.93. The fraction of sp³-hybridized carbons (Fsp3) is 0.429.